The lowest BCUT2D eigenvalue weighted by molar-refractivity contribution is -0.115. The number of urea groups is 1. The second kappa shape index (κ2) is 8.11. The molecule has 0 saturated heterocycles. The summed E-state index contributed by atoms with van der Waals surface area (Å²) in [5.41, 5.74) is 1.43. The van der Waals surface area contributed by atoms with Crippen LogP contribution in [-0.4, -0.2) is 18.5 Å². The zero-order chi connectivity index (χ0) is 18.4. The molecule has 0 atom stereocenters. The summed E-state index contributed by atoms with van der Waals surface area (Å²) < 4.78 is 12.8. The molecule has 0 radical (unpaired) electrons. The Kier molecular flexibility index (Phi) is 5.43. The van der Waals surface area contributed by atoms with Crippen LogP contribution >= 0.6 is 0 Å². The molecular formula is C20H18FN3O2. The normalized spacial score (nSPS) is 10.3. The Morgan fingerprint density at radius 1 is 0.846 bits per heavy atom. The average molecular weight is 351 g/mol. The number of hydrogen-bond donors (Lipinski definition) is 3. The molecule has 0 bridgehead atoms. The lowest BCUT2D eigenvalue weighted by atomic mass is 10.1. The van der Waals surface area contributed by atoms with Gasteiger partial charge in [-0.3, -0.25) is 4.79 Å². The predicted octanol–water partition coefficient (Wildman–Crippen LogP) is 3.42. The van der Waals surface area contributed by atoms with Crippen LogP contribution in [0, 0.1) is 5.82 Å². The van der Waals surface area contributed by atoms with Crippen molar-refractivity contribution in [2.75, 3.05) is 11.9 Å². The minimum atomic E-state index is -0.469. The first-order chi connectivity index (χ1) is 12.6. The lowest BCUT2D eigenvalue weighted by Crippen LogP contribution is -2.39. The van der Waals surface area contributed by atoms with Gasteiger partial charge in [0, 0.05) is 12.2 Å². The van der Waals surface area contributed by atoms with Gasteiger partial charge in [-0.15, -0.1) is 0 Å². The quantitative estimate of drug-likeness (QED) is 0.659. The fourth-order valence-electron chi connectivity index (χ4n) is 2.48. The maximum Gasteiger partial charge on any atom is 0.315 e. The van der Waals surface area contributed by atoms with Crippen molar-refractivity contribution in [2.24, 2.45) is 0 Å². The summed E-state index contributed by atoms with van der Waals surface area (Å²) in [5.74, 6) is -0.652. The van der Waals surface area contributed by atoms with Crippen LogP contribution in [0.2, 0.25) is 0 Å². The van der Waals surface area contributed by atoms with Crippen LogP contribution in [0.25, 0.3) is 10.8 Å². The molecule has 0 aliphatic rings. The Morgan fingerprint density at radius 2 is 1.58 bits per heavy atom. The standard InChI is InChI=1S/C20H18FN3O2/c21-17-8-5-14(6-9-17)12-22-20(26)23-13-19(25)24-18-10-7-15-3-1-2-4-16(15)11-18/h1-11H,12-13H2,(H,24,25)(H2,22,23,26). The van der Waals surface area contributed by atoms with Gasteiger partial charge in [0.25, 0.3) is 0 Å². The van der Waals surface area contributed by atoms with Gasteiger partial charge in [-0.2, -0.15) is 0 Å². The van der Waals surface area contributed by atoms with Gasteiger partial charge in [-0.05, 0) is 40.6 Å². The fraction of sp³-hybridized carbons (Fsp3) is 0.100. The number of nitrogens with one attached hydrogen (secondary N) is 3. The number of amides is 3. The monoisotopic (exact) mass is 351 g/mol. The molecule has 0 heterocycles. The molecule has 0 aliphatic heterocycles. The number of anilines is 1. The molecule has 3 N–H and O–H groups in total. The van der Waals surface area contributed by atoms with Crippen LogP contribution in [0.5, 0.6) is 0 Å². The van der Waals surface area contributed by atoms with E-state index in [4.69, 9.17) is 0 Å². The van der Waals surface area contributed by atoms with Crippen molar-refractivity contribution in [3.05, 3.63) is 78.1 Å². The van der Waals surface area contributed by atoms with E-state index in [1.54, 1.807) is 12.1 Å². The SMILES string of the molecule is O=C(CNC(=O)NCc1ccc(F)cc1)Nc1ccc2ccccc2c1. The van der Waals surface area contributed by atoms with Crippen molar-refractivity contribution in [2.45, 2.75) is 6.54 Å². The first-order valence-electron chi connectivity index (χ1n) is 8.15. The highest BCUT2D eigenvalue weighted by Gasteiger charge is 2.06. The molecule has 0 saturated carbocycles. The van der Waals surface area contributed by atoms with Crippen molar-refractivity contribution in [3.63, 3.8) is 0 Å². The van der Waals surface area contributed by atoms with Crippen LogP contribution in [-0.2, 0) is 11.3 Å². The number of benzene rings is 3. The number of halogens is 1. The van der Waals surface area contributed by atoms with Gasteiger partial charge in [-0.1, -0.05) is 42.5 Å². The highest BCUT2D eigenvalue weighted by Crippen LogP contribution is 2.18. The Morgan fingerprint density at radius 3 is 2.35 bits per heavy atom. The topological polar surface area (TPSA) is 70.2 Å². The van der Waals surface area contributed by atoms with Crippen molar-refractivity contribution in [1.82, 2.24) is 10.6 Å². The minimum Gasteiger partial charge on any atom is -0.334 e. The van der Waals surface area contributed by atoms with Crippen LogP contribution in [0.15, 0.2) is 66.7 Å². The zero-order valence-electron chi connectivity index (χ0n) is 14.0. The molecule has 0 unspecified atom stereocenters. The summed E-state index contributed by atoms with van der Waals surface area (Å²) in [6.07, 6.45) is 0. The maximum absolute atomic E-state index is 12.8. The van der Waals surface area contributed by atoms with Crippen molar-refractivity contribution in [1.29, 1.82) is 0 Å². The molecule has 0 aliphatic carbocycles. The summed E-state index contributed by atoms with van der Waals surface area (Å²) in [7, 11) is 0. The predicted molar refractivity (Wildman–Crippen MR) is 99.2 cm³/mol. The molecule has 6 heteroatoms. The Bertz CT molecular complexity index is 926. The number of rotatable bonds is 5. The number of carbonyl (C=O) groups excluding carboxylic acids is 2. The third kappa shape index (κ3) is 4.80. The second-order valence-electron chi connectivity index (χ2n) is 5.77. The Hall–Kier alpha value is -3.41. The van der Waals surface area contributed by atoms with E-state index in [1.807, 2.05) is 42.5 Å². The fourth-order valence-corrected chi connectivity index (χ4v) is 2.48. The van der Waals surface area contributed by atoms with Gasteiger partial charge in [0.05, 0.1) is 6.54 Å². The zero-order valence-corrected chi connectivity index (χ0v) is 14.0. The molecular weight excluding hydrogens is 333 g/mol. The van der Waals surface area contributed by atoms with Gasteiger partial charge in [-0.25, -0.2) is 9.18 Å². The molecule has 0 fully saturated rings. The molecule has 3 aromatic rings. The van der Waals surface area contributed by atoms with E-state index >= 15 is 0 Å². The van der Waals surface area contributed by atoms with Crippen LogP contribution in [0.4, 0.5) is 14.9 Å². The van der Waals surface area contributed by atoms with E-state index < -0.39 is 6.03 Å². The Balaban J connectivity index is 1.45. The van der Waals surface area contributed by atoms with E-state index in [-0.39, 0.29) is 24.8 Å². The molecule has 0 spiro atoms. The molecule has 132 valence electrons. The van der Waals surface area contributed by atoms with E-state index in [2.05, 4.69) is 16.0 Å². The van der Waals surface area contributed by atoms with Crippen molar-refractivity contribution in [3.8, 4) is 0 Å². The molecule has 5 nitrogen and oxygen atoms in total. The number of hydrogen-bond acceptors (Lipinski definition) is 2. The average Bonchev–Trinajstić information content (AvgIpc) is 2.66. The van der Waals surface area contributed by atoms with E-state index in [0.29, 0.717) is 5.69 Å². The molecule has 0 aromatic heterocycles. The molecule has 3 amide bonds. The van der Waals surface area contributed by atoms with Gasteiger partial charge in [0.2, 0.25) is 5.91 Å². The third-order valence-corrected chi connectivity index (χ3v) is 3.81. The van der Waals surface area contributed by atoms with E-state index in [9.17, 15) is 14.0 Å². The summed E-state index contributed by atoms with van der Waals surface area (Å²) >= 11 is 0. The molecule has 26 heavy (non-hydrogen) atoms. The first-order valence-corrected chi connectivity index (χ1v) is 8.15. The molecule has 3 aromatic carbocycles. The largest absolute Gasteiger partial charge is 0.334 e. The number of fused-ring (bicyclic) bond motifs is 1. The van der Waals surface area contributed by atoms with Crippen molar-refractivity contribution < 1.29 is 14.0 Å². The van der Waals surface area contributed by atoms with Crippen molar-refractivity contribution >= 4 is 28.4 Å². The highest BCUT2D eigenvalue weighted by atomic mass is 19.1. The van der Waals surface area contributed by atoms with Crippen LogP contribution in [0.3, 0.4) is 0 Å². The number of carbonyl (C=O) groups is 2. The van der Waals surface area contributed by atoms with Crippen LogP contribution < -0.4 is 16.0 Å². The summed E-state index contributed by atoms with van der Waals surface area (Å²) in [4.78, 5) is 23.7. The molecule has 3 rings (SSSR count). The lowest BCUT2D eigenvalue weighted by Gasteiger charge is -2.09. The van der Waals surface area contributed by atoms with Gasteiger partial charge < -0.3 is 16.0 Å². The van der Waals surface area contributed by atoms with E-state index in [1.165, 1.54) is 12.1 Å². The highest BCUT2D eigenvalue weighted by molar-refractivity contribution is 5.96. The van der Waals surface area contributed by atoms with Crippen LogP contribution in [0.1, 0.15) is 5.56 Å². The summed E-state index contributed by atoms with van der Waals surface area (Å²) in [5, 5.41) is 9.95. The van der Waals surface area contributed by atoms with Gasteiger partial charge in [0.1, 0.15) is 5.82 Å². The first kappa shape index (κ1) is 17.4. The summed E-state index contributed by atoms with van der Waals surface area (Å²) in [6.45, 7) is 0.0977. The minimum absolute atomic E-state index is 0.151. The van der Waals surface area contributed by atoms with Gasteiger partial charge in [0.15, 0.2) is 0 Å². The second-order valence-corrected chi connectivity index (χ2v) is 5.77. The smallest absolute Gasteiger partial charge is 0.315 e. The van der Waals surface area contributed by atoms with E-state index in [0.717, 1.165) is 16.3 Å². The maximum atomic E-state index is 12.8. The Labute approximate surface area is 150 Å². The van der Waals surface area contributed by atoms with Gasteiger partial charge >= 0.3 is 6.03 Å². The summed E-state index contributed by atoms with van der Waals surface area (Å²) in [6, 6.07) is 18.8. The third-order valence-electron chi connectivity index (χ3n) is 3.81.